The predicted molar refractivity (Wildman–Crippen MR) is 236 cm³/mol. The molecule has 1 heterocycles. The summed E-state index contributed by atoms with van der Waals surface area (Å²) in [5.74, 6) is 1.81. The number of likely N-dealkylation sites (tertiary alicyclic amines) is 1. The van der Waals surface area contributed by atoms with Crippen LogP contribution in [-0.4, -0.2) is 36.9 Å². The highest BCUT2D eigenvalue weighted by molar-refractivity contribution is 5.99. The van der Waals surface area contributed by atoms with Gasteiger partial charge in [-0.15, -0.1) is 0 Å². The largest absolute Gasteiger partial charge is 0.482 e. The van der Waals surface area contributed by atoms with Gasteiger partial charge in [-0.05, 0) is 158 Å². The van der Waals surface area contributed by atoms with E-state index < -0.39 is 5.60 Å². The van der Waals surface area contributed by atoms with Crippen LogP contribution in [0.15, 0.2) is 90.0 Å². The Hall–Kier alpha value is -4.16. The molecule has 1 aliphatic heterocycles. The van der Waals surface area contributed by atoms with Crippen molar-refractivity contribution in [2.45, 2.75) is 132 Å². The summed E-state index contributed by atoms with van der Waals surface area (Å²) < 4.78 is 28.5. The number of rotatable bonds is 16. The van der Waals surface area contributed by atoms with Crippen LogP contribution in [0.3, 0.4) is 0 Å². The number of carbonyl (C=O) groups is 1. The molecule has 0 amide bonds. The summed E-state index contributed by atoms with van der Waals surface area (Å²) in [6, 6.07) is 18.3. The van der Waals surface area contributed by atoms with Gasteiger partial charge >= 0.3 is 0 Å². The molecule has 6 rings (SSSR count). The molecule has 1 unspecified atom stereocenters. The number of benzene rings is 3. The van der Waals surface area contributed by atoms with Crippen molar-refractivity contribution in [3.63, 3.8) is 0 Å². The first-order valence-corrected chi connectivity index (χ1v) is 21.7. The van der Waals surface area contributed by atoms with Gasteiger partial charge in [0.1, 0.15) is 17.2 Å². The van der Waals surface area contributed by atoms with Crippen molar-refractivity contribution < 1.29 is 18.7 Å². The van der Waals surface area contributed by atoms with E-state index in [4.69, 9.17) is 9.47 Å². The number of ketones is 1. The molecular weight excluding hydrogens is 708 g/mol. The summed E-state index contributed by atoms with van der Waals surface area (Å²) >= 11 is 0. The lowest BCUT2D eigenvalue weighted by Crippen LogP contribution is -2.39. The van der Waals surface area contributed by atoms with Gasteiger partial charge in [-0.25, -0.2) is 4.39 Å². The number of carbonyl (C=O) groups excluding carboxylic acids is 1. The predicted octanol–water partition coefficient (Wildman–Crippen LogP) is 13.3. The van der Waals surface area contributed by atoms with Crippen LogP contribution in [-0.2, 0) is 10.3 Å². The van der Waals surface area contributed by atoms with Crippen molar-refractivity contribution in [2.75, 3.05) is 31.1 Å². The molecule has 0 radical (unpaired) electrons. The van der Waals surface area contributed by atoms with Crippen LogP contribution in [0.5, 0.6) is 5.75 Å². The Balaban J connectivity index is 0.00000305. The fourth-order valence-electron chi connectivity index (χ4n) is 8.26. The maximum Gasteiger partial charge on any atom is 0.166 e. The molecule has 2 aliphatic carbocycles. The minimum atomic E-state index is -0.718. The number of piperidine rings is 1. The van der Waals surface area contributed by atoms with Gasteiger partial charge in [0, 0.05) is 47.4 Å². The van der Waals surface area contributed by atoms with Crippen LogP contribution in [0.25, 0.3) is 0 Å². The van der Waals surface area contributed by atoms with Gasteiger partial charge in [0.05, 0.1) is 12.5 Å². The fraction of sp³-hybridized carbons (Fsp3) is 0.510. The molecule has 0 aromatic heterocycles. The van der Waals surface area contributed by atoms with Crippen molar-refractivity contribution in [1.82, 2.24) is 4.90 Å². The standard InChI is InChI=1S/C49H63FN2O3.C2H6/c1-9-33(3)31-54-32-35(5)29-52(46-28-40(19-18-36(46)6)47(53)39-14-12-15-39)42(10-2)30-51-25-23-38(24-26-51)43-16-11-13-37(7)48(43)55-49(8,41-20-21-41)44-22-17-34(4)27-45(44)50;1-2/h10-11,13,16-19,22,27-28,31-32,38-39,41H,9,12,14-15,20-21,23-26,29-30H2,1-8H3;1-2H3/b33-31?,35-32+,42-10+;. The number of para-hydroxylation sites is 1. The monoisotopic (exact) mass is 777 g/mol. The molecule has 1 atom stereocenters. The molecular formula is C51H69FN2O3. The zero-order valence-corrected chi connectivity index (χ0v) is 36.6. The van der Waals surface area contributed by atoms with Crippen LogP contribution in [0.1, 0.15) is 144 Å². The second-order valence-electron chi connectivity index (χ2n) is 16.8. The number of hydrogen-bond acceptors (Lipinski definition) is 5. The quantitative estimate of drug-likeness (QED) is 0.107. The number of ether oxygens (including phenoxy) is 2. The van der Waals surface area contributed by atoms with E-state index in [0.717, 1.165) is 110 Å². The van der Waals surface area contributed by atoms with E-state index in [1.165, 1.54) is 16.8 Å². The minimum absolute atomic E-state index is 0.153. The summed E-state index contributed by atoms with van der Waals surface area (Å²) in [6.45, 7) is 24.1. The molecule has 3 fully saturated rings. The third-order valence-corrected chi connectivity index (χ3v) is 12.4. The van der Waals surface area contributed by atoms with Gasteiger partial charge < -0.3 is 14.4 Å². The summed E-state index contributed by atoms with van der Waals surface area (Å²) in [4.78, 5) is 18.4. The van der Waals surface area contributed by atoms with E-state index in [1.807, 2.05) is 51.5 Å². The molecule has 6 heteroatoms. The molecule has 308 valence electrons. The van der Waals surface area contributed by atoms with E-state index in [2.05, 4.69) is 94.7 Å². The summed E-state index contributed by atoms with van der Waals surface area (Å²) in [7, 11) is 0. The molecule has 1 saturated heterocycles. The fourth-order valence-corrected chi connectivity index (χ4v) is 8.26. The molecule has 3 aliphatic rings. The third kappa shape index (κ3) is 10.7. The van der Waals surface area contributed by atoms with Gasteiger partial charge in [-0.1, -0.05) is 75.7 Å². The second-order valence-corrected chi connectivity index (χ2v) is 16.8. The number of aryl methyl sites for hydroxylation is 3. The smallest absolute Gasteiger partial charge is 0.166 e. The average molecular weight is 777 g/mol. The highest BCUT2D eigenvalue weighted by atomic mass is 19.1. The summed E-state index contributed by atoms with van der Waals surface area (Å²) in [5.41, 5.74) is 9.74. The normalized spacial score (nSPS) is 18.3. The average Bonchev–Trinajstić information content (AvgIpc) is 4.04. The number of allylic oxidation sites excluding steroid dienone is 2. The lowest BCUT2D eigenvalue weighted by molar-refractivity contribution is 0.0554. The Bertz CT molecular complexity index is 1930. The van der Waals surface area contributed by atoms with Crippen LogP contribution < -0.4 is 9.64 Å². The van der Waals surface area contributed by atoms with E-state index in [-0.39, 0.29) is 17.5 Å². The number of nitrogens with zero attached hydrogens (tertiary/aromatic N) is 2. The van der Waals surface area contributed by atoms with Crippen LogP contribution in [0.2, 0.25) is 0 Å². The highest BCUT2D eigenvalue weighted by Crippen LogP contribution is 2.51. The molecule has 0 spiro atoms. The Morgan fingerprint density at radius 1 is 0.912 bits per heavy atom. The number of halogens is 1. The third-order valence-electron chi connectivity index (χ3n) is 12.4. The van der Waals surface area contributed by atoms with Crippen molar-refractivity contribution >= 4 is 11.5 Å². The van der Waals surface area contributed by atoms with Gasteiger partial charge in [0.15, 0.2) is 5.78 Å². The molecule has 57 heavy (non-hydrogen) atoms. The van der Waals surface area contributed by atoms with Crippen LogP contribution in [0.4, 0.5) is 10.1 Å². The van der Waals surface area contributed by atoms with Gasteiger partial charge in [0.2, 0.25) is 0 Å². The van der Waals surface area contributed by atoms with E-state index in [1.54, 1.807) is 6.07 Å². The Kier molecular flexibility index (Phi) is 15.4. The van der Waals surface area contributed by atoms with Gasteiger partial charge in [-0.2, -0.15) is 0 Å². The number of anilines is 1. The van der Waals surface area contributed by atoms with E-state index in [0.29, 0.717) is 23.9 Å². The van der Waals surface area contributed by atoms with Crippen molar-refractivity contribution in [1.29, 1.82) is 0 Å². The Morgan fingerprint density at radius 2 is 1.61 bits per heavy atom. The number of hydrogen-bond donors (Lipinski definition) is 0. The molecule has 5 nitrogen and oxygen atoms in total. The van der Waals surface area contributed by atoms with Crippen molar-refractivity contribution in [3.8, 4) is 5.75 Å². The van der Waals surface area contributed by atoms with Gasteiger partial charge in [-0.3, -0.25) is 9.69 Å². The SMILES string of the molecule is C/C=C(\CN1CCC(c2cccc(C)c2OC(C)(c2ccc(C)cc2F)C2CC2)CC1)N(C/C(C)=C/OC=C(C)CC)c1cc(C(=O)C2CCC2)ccc1C.CC. The second kappa shape index (κ2) is 20.0. The molecule has 2 saturated carbocycles. The molecule has 0 bridgehead atoms. The topological polar surface area (TPSA) is 42.0 Å². The highest BCUT2D eigenvalue weighted by Gasteiger charge is 2.47. The van der Waals surface area contributed by atoms with Crippen LogP contribution in [0, 0.1) is 38.4 Å². The lowest BCUT2D eigenvalue weighted by Gasteiger charge is -2.38. The Labute approximate surface area is 344 Å². The first-order chi connectivity index (χ1) is 27.4. The minimum Gasteiger partial charge on any atom is -0.482 e. The zero-order chi connectivity index (χ0) is 41.3. The van der Waals surface area contributed by atoms with Crippen molar-refractivity contribution in [3.05, 3.63) is 129 Å². The van der Waals surface area contributed by atoms with Gasteiger partial charge in [0.25, 0.3) is 0 Å². The molecule has 0 N–H and O–H groups in total. The molecule has 3 aromatic rings. The maximum absolute atomic E-state index is 15.5. The summed E-state index contributed by atoms with van der Waals surface area (Å²) in [5, 5.41) is 0. The Morgan fingerprint density at radius 3 is 2.23 bits per heavy atom. The maximum atomic E-state index is 15.5. The van der Waals surface area contributed by atoms with E-state index >= 15 is 4.39 Å². The first-order valence-electron chi connectivity index (χ1n) is 21.7. The van der Waals surface area contributed by atoms with Crippen LogP contribution >= 0.6 is 0 Å². The number of Topliss-reactive ketones (excluding diaryl/α,β-unsaturated/α-hetero) is 1. The lowest BCUT2D eigenvalue weighted by atomic mass is 9.80. The summed E-state index contributed by atoms with van der Waals surface area (Å²) in [6.07, 6.45) is 14.1. The molecule has 3 aromatic carbocycles. The van der Waals surface area contributed by atoms with E-state index in [9.17, 15) is 4.79 Å². The van der Waals surface area contributed by atoms with Crippen molar-refractivity contribution in [2.24, 2.45) is 11.8 Å². The first kappa shape index (κ1) is 44.0. The zero-order valence-electron chi connectivity index (χ0n) is 36.6.